The van der Waals surface area contributed by atoms with Gasteiger partial charge in [0.1, 0.15) is 0 Å². The lowest BCUT2D eigenvalue weighted by molar-refractivity contribution is 0.468. The lowest BCUT2D eigenvalue weighted by atomic mass is 10.1. The maximum absolute atomic E-state index is 11.0. The summed E-state index contributed by atoms with van der Waals surface area (Å²) in [7, 11) is 0. The number of benzene rings is 1. The van der Waals surface area contributed by atoms with Gasteiger partial charge in [-0.1, -0.05) is 6.07 Å². The third kappa shape index (κ3) is 1.12. The Bertz CT molecular complexity index is 593. The summed E-state index contributed by atoms with van der Waals surface area (Å²) in [4.78, 5) is 13.5. The monoisotopic (exact) mass is 186 g/mol. The van der Waals surface area contributed by atoms with Crippen LogP contribution in [0.15, 0.2) is 29.1 Å². The fraction of sp³-hybridized carbons (Fsp3) is 0. The number of hydrogen-bond donors (Lipinski definition) is 2. The van der Waals surface area contributed by atoms with E-state index in [0.29, 0.717) is 16.5 Å². The molecule has 0 unspecified atom stereocenters. The number of aromatic nitrogens is 1. The van der Waals surface area contributed by atoms with Crippen LogP contribution < -0.4 is 5.56 Å². The van der Waals surface area contributed by atoms with Gasteiger partial charge < -0.3 is 10.1 Å². The Kier molecular flexibility index (Phi) is 1.72. The minimum Gasteiger partial charge on any atom is -0.503 e. The molecule has 2 aromatic rings. The molecule has 0 saturated heterocycles. The van der Waals surface area contributed by atoms with Gasteiger partial charge in [-0.25, -0.2) is 0 Å². The Balaban J connectivity index is 2.97. The van der Waals surface area contributed by atoms with E-state index in [1.54, 1.807) is 18.2 Å². The van der Waals surface area contributed by atoms with Gasteiger partial charge in [-0.05, 0) is 18.2 Å². The first-order chi connectivity index (χ1) is 6.72. The fourth-order valence-electron chi connectivity index (χ4n) is 1.32. The number of H-pyrrole nitrogens is 1. The summed E-state index contributed by atoms with van der Waals surface area (Å²) < 4.78 is 0. The molecule has 0 radical (unpaired) electrons. The lowest BCUT2D eigenvalue weighted by Gasteiger charge is -1.99. The summed E-state index contributed by atoms with van der Waals surface area (Å²) >= 11 is 0. The van der Waals surface area contributed by atoms with Gasteiger partial charge in [0, 0.05) is 10.9 Å². The van der Waals surface area contributed by atoms with Crippen molar-refractivity contribution < 1.29 is 5.11 Å². The van der Waals surface area contributed by atoms with E-state index in [-0.39, 0.29) is 5.75 Å². The molecule has 4 heteroatoms. The Morgan fingerprint density at radius 3 is 2.93 bits per heavy atom. The van der Waals surface area contributed by atoms with Crippen molar-refractivity contribution in [1.29, 1.82) is 5.26 Å². The van der Waals surface area contributed by atoms with Crippen LogP contribution >= 0.6 is 0 Å². The molecule has 68 valence electrons. The topological polar surface area (TPSA) is 76.9 Å². The van der Waals surface area contributed by atoms with Crippen molar-refractivity contribution in [1.82, 2.24) is 4.98 Å². The maximum atomic E-state index is 11.0. The second-order valence-electron chi connectivity index (χ2n) is 2.86. The number of aromatic amines is 1. The summed E-state index contributed by atoms with van der Waals surface area (Å²) in [5.41, 5.74) is 0.425. The molecule has 0 spiro atoms. The molecule has 1 aromatic carbocycles. The molecule has 14 heavy (non-hydrogen) atoms. The van der Waals surface area contributed by atoms with Gasteiger partial charge in [0.05, 0.1) is 11.6 Å². The number of nitrogens with one attached hydrogen (secondary N) is 1. The van der Waals surface area contributed by atoms with Gasteiger partial charge in [-0.15, -0.1) is 0 Å². The Hall–Kier alpha value is -2.28. The second kappa shape index (κ2) is 2.89. The van der Waals surface area contributed by atoms with Crippen LogP contribution in [0.25, 0.3) is 10.9 Å². The van der Waals surface area contributed by atoms with Crippen molar-refractivity contribution in [3.63, 3.8) is 0 Å². The summed E-state index contributed by atoms with van der Waals surface area (Å²) in [6.07, 6.45) is 0. The average Bonchev–Trinajstić information content (AvgIpc) is 2.19. The average molecular weight is 186 g/mol. The zero-order chi connectivity index (χ0) is 10.1. The minimum atomic E-state index is -0.549. The molecule has 0 aliphatic rings. The third-order valence-electron chi connectivity index (χ3n) is 1.99. The van der Waals surface area contributed by atoms with Crippen LogP contribution in [0, 0.1) is 11.3 Å². The molecule has 0 amide bonds. The first-order valence-electron chi connectivity index (χ1n) is 3.97. The lowest BCUT2D eigenvalue weighted by Crippen LogP contribution is -2.04. The molecule has 0 aliphatic heterocycles. The molecule has 1 heterocycles. The minimum absolute atomic E-state index is 0.375. The molecular formula is C10H6N2O2. The van der Waals surface area contributed by atoms with E-state index in [2.05, 4.69) is 4.98 Å². The predicted molar refractivity (Wildman–Crippen MR) is 50.9 cm³/mol. The van der Waals surface area contributed by atoms with Crippen molar-refractivity contribution in [3.8, 4) is 11.8 Å². The molecule has 0 bridgehead atoms. The van der Waals surface area contributed by atoms with Gasteiger partial charge >= 0.3 is 0 Å². The number of pyridine rings is 1. The predicted octanol–water partition coefficient (Wildman–Crippen LogP) is 1.11. The first kappa shape index (κ1) is 8.32. The van der Waals surface area contributed by atoms with Crippen molar-refractivity contribution in [2.45, 2.75) is 0 Å². The third-order valence-corrected chi connectivity index (χ3v) is 1.99. The molecule has 0 fully saturated rings. The van der Waals surface area contributed by atoms with Crippen LogP contribution in [0.5, 0.6) is 5.75 Å². The van der Waals surface area contributed by atoms with Crippen LogP contribution in [0.4, 0.5) is 0 Å². The highest BCUT2D eigenvalue weighted by Gasteiger charge is 2.03. The standard InChI is InChI=1S/C10H6N2O2/c11-5-6-2-1-3-8-7(6)4-9(13)10(14)12-8/h1-4,13H,(H,12,14). The van der Waals surface area contributed by atoms with Gasteiger partial charge in [-0.3, -0.25) is 4.79 Å². The first-order valence-corrected chi connectivity index (χ1v) is 3.97. The van der Waals surface area contributed by atoms with Crippen LogP contribution in [0.1, 0.15) is 5.56 Å². The SMILES string of the molecule is N#Cc1cccc2[nH]c(=O)c(O)cc12. The summed E-state index contributed by atoms with van der Waals surface area (Å²) in [5.74, 6) is -0.375. The second-order valence-corrected chi connectivity index (χ2v) is 2.86. The molecule has 0 atom stereocenters. The van der Waals surface area contributed by atoms with E-state index in [1.807, 2.05) is 6.07 Å². The van der Waals surface area contributed by atoms with Gasteiger partial charge in [-0.2, -0.15) is 5.26 Å². The van der Waals surface area contributed by atoms with E-state index >= 15 is 0 Å². The highest BCUT2D eigenvalue weighted by molar-refractivity contribution is 5.85. The highest BCUT2D eigenvalue weighted by atomic mass is 16.3. The number of hydrogen-bond acceptors (Lipinski definition) is 3. The largest absolute Gasteiger partial charge is 0.503 e. The van der Waals surface area contributed by atoms with Gasteiger partial charge in [0.15, 0.2) is 5.75 Å². The van der Waals surface area contributed by atoms with Crippen molar-refractivity contribution in [2.75, 3.05) is 0 Å². The highest BCUT2D eigenvalue weighted by Crippen LogP contribution is 2.17. The number of fused-ring (bicyclic) bond motifs is 1. The van der Waals surface area contributed by atoms with Crippen molar-refractivity contribution in [3.05, 3.63) is 40.2 Å². The number of aromatic hydroxyl groups is 1. The molecule has 1 aromatic heterocycles. The zero-order valence-electron chi connectivity index (χ0n) is 7.11. The van der Waals surface area contributed by atoms with Crippen LogP contribution in [-0.4, -0.2) is 10.1 Å². The maximum Gasteiger partial charge on any atom is 0.290 e. The van der Waals surface area contributed by atoms with E-state index in [9.17, 15) is 9.90 Å². The van der Waals surface area contributed by atoms with Crippen molar-refractivity contribution in [2.24, 2.45) is 0 Å². The van der Waals surface area contributed by atoms with Crippen LogP contribution in [0.2, 0.25) is 0 Å². The van der Waals surface area contributed by atoms with Gasteiger partial charge in [0.25, 0.3) is 5.56 Å². The Labute approximate surface area is 79.0 Å². The smallest absolute Gasteiger partial charge is 0.290 e. The Morgan fingerprint density at radius 2 is 2.21 bits per heavy atom. The Morgan fingerprint density at radius 1 is 1.43 bits per heavy atom. The van der Waals surface area contributed by atoms with E-state index < -0.39 is 5.56 Å². The zero-order valence-corrected chi connectivity index (χ0v) is 7.11. The van der Waals surface area contributed by atoms with Crippen molar-refractivity contribution >= 4 is 10.9 Å². The van der Waals surface area contributed by atoms with E-state index in [0.717, 1.165) is 0 Å². The van der Waals surface area contributed by atoms with Crippen LogP contribution in [-0.2, 0) is 0 Å². The van der Waals surface area contributed by atoms with E-state index in [1.165, 1.54) is 6.07 Å². The number of nitriles is 1. The fourth-order valence-corrected chi connectivity index (χ4v) is 1.32. The molecule has 0 saturated carbocycles. The normalized spacial score (nSPS) is 9.93. The molecule has 2 N–H and O–H groups in total. The van der Waals surface area contributed by atoms with Gasteiger partial charge in [0.2, 0.25) is 0 Å². The summed E-state index contributed by atoms with van der Waals surface area (Å²) in [6, 6.07) is 8.26. The molecular weight excluding hydrogens is 180 g/mol. The summed E-state index contributed by atoms with van der Waals surface area (Å²) in [6.45, 7) is 0. The quantitative estimate of drug-likeness (QED) is 0.646. The number of nitrogens with zero attached hydrogens (tertiary/aromatic N) is 1. The molecule has 2 rings (SSSR count). The summed E-state index contributed by atoms with van der Waals surface area (Å²) in [5, 5.41) is 18.5. The van der Waals surface area contributed by atoms with Crippen LogP contribution in [0.3, 0.4) is 0 Å². The number of rotatable bonds is 0. The molecule has 0 aliphatic carbocycles. The molecule has 4 nitrogen and oxygen atoms in total. The van der Waals surface area contributed by atoms with E-state index in [4.69, 9.17) is 5.26 Å².